The van der Waals surface area contributed by atoms with Crippen LogP contribution in [0.25, 0.3) is 0 Å². The van der Waals surface area contributed by atoms with E-state index in [1.165, 1.54) is 5.56 Å². The Kier molecular flexibility index (Phi) is 3.84. The number of benzene rings is 1. The van der Waals surface area contributed by atoms with Crippen molar-refractivity contribution in [1.29, 1.82) is 0 Å². The van der Waals surface area contributed by atoms with Crippen LogP contribution in [0.1, 0.15) is 25.3 Å². The molecule has 2 rings (SSSR count). The third-order valence-corrected chi connectivity index (χ3v) is 3.75. The van der Waals surface area contributed by atoms with Gasteiger partial charge in [-0.3, -0.25) is 14.7 Å². The highest BCUT2D eigenvalue weighted by Gasteiger charge is 2.20. The fourth-order valence-electron chi connectivity index (χ4n) is 1.73. The Morgan fingerprint density at radius 1 is 1.41 bits per heavy atom. The van der Waals surface area contributed by atoms with Crippen molar-refractivity contribution >= 4 is 30.1 Å². The van der Waals surface area contributed by atoms with Crippen LogP contribution >= 0.6 is 11.8 Å². The summed E-state index contributed by atoms with van der Waals surface area (Å²) in [6.07, 6.45) is 2.71. The average molecular weight is 248 g/mol. The van der Waals surface area contributed by atoms with Gasteiger partial charge >= 0.3 is 0 Å². The topological polar surface area (TPSA) is 32.7 Å². The molecular formula is C13H16N2OS. The molecule has 3 nitrogen and oxygen atoms in total. The summed E-state index contributed by atoms with van der Waals surface area (Å²) in [5, 5.41) is 0. The van der Waals surface area contributed by atoms with E-state index >= 15 is 0 Å². The summed E-state index contributed by atoms with van der Waals surface area (Å²) in [5.41, 5.74) is 2.08. The zero-order chi connectivity index (χ0) is 12.3. The van der Waals surface area contributed by atoms with Gasteiger partial charge < -0.3 is 0 Å². The van der Waals surface area contributed by atoms with Crippen LogP contribution in [0, 0.1) is 0 Å². The normalized spacial score (nSPS) is 18.6. The maximum atomic E-state index is 11.2. The fraction of sp³-hybridized carbons (Fsp3) is 0.385. The summed E-state index contributed by atoms with van der Waals surface area (Å²) in [7, 11) is 0. The third-order valence-electron chi connectivity index (χ3n) is 2.76. The first-order chi connectivity index (χ1) is 8.22. The fourth-order valence-corrected chi connectivity index (χ4v) is 2.58. The maximum Gasteiger partial charge on any atom is 0.216 e. The Hall–Kier alpha value is -1.29. The molecule has 1 amide bonds. The molecule has 4 heteroatoms. The second-order valence-corrected chi connectivity index (χ2v) is 5.34. The van der Waals surface area contributed by atoms with Gasteiger partial charge in [0.25, 0.3) is 0 Å². The van der Waals surface area contributed by atoms with Gasteiger partial charge in [0.15, 0.2) is 5.50 Å². The van der Waals surface area contributed by atoms with Crippen LogP contribution in [0.2, 0.25) is 0 Å². The zero-order valence-electron chi connectivity index (χ0n) is 10.0. The second kappa shape index (κ2) is 5.36. The summed E-state index contributed by atoms with van der Waals surface area (Å²) < 4.78 is 0. The molecule has 90 valence electrons. The van der Waals surface area contributed by atoms with E-state index in [0.717, 1.165) is 17.9 Å². The number of rotatable bonds is 4. The first kappa shape index (κ1) is 12.2. The summed E-state index contributed by atoms with van der Waals surface area (Å²) in [6, 6.07) is 8.11. The predicted octanol–water partition coefficient (Wildman–Crippen LogP) is 2.87. The van der Waals surface area contributed by atoms with Crippen LogP contribution in [0.4, 0.5) is 5.69 Å². The molecule has 0 fully saturated rings. The van der Waals surface area contributed by atoms with E-state index in [1.807, 2.05) is 18.3 Å². The number of thioether (sulfide) groups is 1. The molecule has 1 aliphatic rings. The maximum absolute atomic E-state index is 11.2. The lowest BCUT2D eigenvalue weighted by Gasteiger charge is -2.22. The van der Waals surface area contributed by atoms with Gasteiger partial charge in [-0.15, -0.1) is 11.8 Å². The van der Waals surface area contributed by atoms with Crippen LogP contribution in [0.5, 0.6) is 0 Å². The van der Waals surface area contributed by atoms with Crippen molar-refractivity contribution in [2.75, 3.05) is 10.7 Å². The standard InChI is InChI=1S/C13H16N2OS/c1-10(2)11-3-5-12(6-4-11)15(9-16)13-14-7-8-17-13/h3-7,9-10,13H,8H2,1-2H3. The highest BCUT2D eigenvalue weighted by atomic mass is 32.2. The summed E-state index contributed by atoms with van der Waals surface area (Å²) >= 11 is 1.65. The van der Waals surface area contributed by atoms with Crippen LogP contribution in [-0.2, 0) is 4.79 Å². The average Bonchev–Trinajstić information content (AvgIpc) is 2.84. The molecule has 1 aliphatic heterocycles. The van der Waals surface area contributed by atoms with Gasteiger partial charge in [-0.05, 0) is 23.6 Å². The van der Waals surface area contributed by atoms with Crippen molar-refractivity contribution in [3.63, 3.8) is 0 Å². The van der Waals surface area contributed by atoms with Gasteiger partial charge in [-0.25, -0.2) is 0 Å². The van der Waals surface area contributed by atoms with E-state index in [2.05, 4.69) is 31.0 Å². The van der Waals surface area contributed by atoms with Crippen molar-refractivity contribution in [2.45, 2.75) is 25.3 Å². The van der Waals surface area contributed by atoms with Crippen molar-refractivity contribution in [1.82, 2.24) is 0 Å². The van der Waals surface area contributed by atoms with E-state index in [0.29, 0.717) is 5.92 Å². The van der Waals surface area contributed by atoms with Crippen LogP contribution in [0.3, 0.4) is 0 Å². The Morgan fingerprint density at radius 3 is 2.59 bits per heavy atom. The number of hydrogen-bond acceptors (Lipinski definition) is 3. The number of aliphatic imine (C=N–C) groups is 1. The van der Waals surface area contributed by atoms with E-state index in [4.69, 9.17) is 0 Å². The van der Waals surface area contributed by atoms with E-state index < -0.39 is 0 Å². The Labute approximate surface area is 106 Å². The molecule has 0 aliphatic carbocycles. The minimum atomic E-state index is -0.0996. The van der Waals surface area contributed by atoms with Crippen LogP contribution in [0.15, 0.2) is 29.3 Å². The SMILES string of the molecule is CC(C)c1ccc(N(C=O)C2N=CCS2)cc1. The summed E-state index contributed by atoms with van der Waals surface area (Å²) in [4.78, 5) is 17.1. The Balaban J connectivity index is 2.19. The number of anilines is 1. The number of carbonyl (C=O) groups is 1. The monoisotopic (exact) mass is 248 g/mol. The minimum Gasteiger partial charge on any atom is -0.283 e. The molecule has 0 bridgehead atoms. The molecule has 0 saturated carbocycles. The number of nitrogens with zero attached hydrogens (tertiary/aromatic N) is 2. The predicted molar refractivity (Wildman–Crippen MR) is 73.8 cm³/mol. The molecule has 1 aromatic rings. The van der Waals surface area contributed by atoms with Gasteiger partial charge in [0.1, 0.15) is 0 Å². The van der Waals surface area contributed by atoms with Crippen LogP contribution < -0.4 is 4.90 Å². The molecule has 0 saturated heterocycles. The second-order valence-electron chi connectivity index (χ2n) is 4.25. The molecule has 0 radical (unpaired) electrons. The van der Waals surface area contributed by atoms with Gasteiger partial charge in [0.05, 0.1) is 0 Å². The first-order valence-electron chi connectivity index (χ1n) is 5.69. The van der Waals surface area contributed by atoms with E-state index in [9.17, 15) is 4.79 Å². The summed E-state index contributed by atoms with van der Waals surface area (Å²) in [5.74, 6) is 1.38. The van der Waals surface area contributed by atoms with Crippen molar-refractivity contribution < 1.29 is 4.79 Å². The molecule has 0 aromatic heterocycles. The lowest BCUT2D eigenvalue weighted by molar-refractivity contribution is -0.107. The molecule has 0 spiro atoms. The summed E-state index contributed by atoms with van der Waals surface area (Å²) in [6.45, 7) is 4.31. The highest BCUT2D eigenvalue weighted by Crippen LogP contribution is 2.27. The molecule has 17 heavy (non-hydrogen) atoms. The van der Waals surface area contributed by atoms with Gasteiger partial charge in [0, 0.05) is 17.7 Å². The Morgan fingerprint density at radius 2 is 2.12 bits per heavy atom. The molecule has 1 aromatic carbocycles. The zero-order valence-corrected chi connectivity index (χ0v) is 10.9. The highest BCUT2D eigenvalue weighted by molar-refractivity contribution is 8.00. The quantitative estimate of drug-likeness (QED) is 0.767. The third kappa shape index (κ3) is 2.69. The van der Waals surface area contributed by atoms with Crippen molar-refractivity contribution in [2.24, 2.45) is 4.99 Å². The Bertz CT molecular complexity index is 414. The van der Waals surface area contributed by atoms with Crippen LogP contribution in [-0.4, -0.2) is 23.9 Å². The number of amides is 1. The number of hydrogen-bond donors (Lipinski definition) is 0. The smallest absolute Gasteiger partial charge is 0.216 e. The van der Waals surface area contributed by atoms with E-state index in [-0.39, 0.29) is 5.50 Å². The largest absolute Gasteiger partial charge is 0.283 e. The molecular weight excluding hydrogens is 232 g/mol. The lowest BCUT2D eigenvalue weighted by Crippen LogP contribution is -2.28. The van der Waals surface area contributed by atoms with E-state index in [1.54, 1.807) is 16.7 Å². The molecule has 1 unspecified atom stereocenters. The van der Waals surface area contributed by atoms with Gasteiger partial charge in [-0.2, -0.15) is 0 Å². The van der Waals surface area contributed by atoms with Crippen molar-refractivity contribution in [3.05, 3.63) is 29.8 Å². The minimum absolute atomic E-state index is 0.0996. The lowest BCUT2D eigenvalue weighted by atomic mass is 10.0. The first-order valence-corrected chi connectivity index (χ1v) is 6.74. The molecule has 0 N–H and O–H groups in total. The molecule has 1 atom stereocenters. The number of carbonyl (C=O) groups excluding carboxylic acids is 1. The van der Waals surface area contributed by atoms with Crippen molar-refractivity contribution in [3.8, 4) is 0 Å². The van der Waals surface area contributed by atoms with Gasteiger partial charge in [0.2, 0.25) is 6.41 Å². The molecule has 1 heterocycles. The van der Waals surface area contributed by atoms with Gasteiger partial charge in [-0.1, -0.05) is 26.0 Å².